The molecule has 0 spiro atoms. The number of hydrogen-bond acceptors (Lipinski definition) is 7. The van der Waals surface area contributed by atoms with Gasteiger partial charge in [0.1, 0.15) is 0 Å². The summed E-state index contributed by atoms with van der Waals surface area (Å²) in [6.45, 7) is 8.11. The molecule has 1 atom stereocenters. The van der Waals surface area contributed by atoms with Crippen molar-refractivity contribution in [2.75, 3.05) is 38.0 Å². The van der Waals surface area contributed by atoms with Crippen LogP contribution in [-0.4, -0.2) is 76.5 Å². The van der Waals surface area contributed by atoms with Gasteiger partial charge in [0.05, 0.1) is 0 Å². The minimum atomic E-state index is -0.380. The maximum absolute atomic E-state index is 12.9. The summed E-state index contributed by atoms with van der Waals surface area (Å²) in [5, 5.41) is 14.1. The molecule has 2 saturated heterocycles. The maximum atomic E-state index is 12.9. The lowest BCUT2D eigenvalue weighted by Crippen LogP contribution is -2.43. The first-order valence-corrected chi connectivity index (χ1v) is 13.7. The molecule has 3 heterocycles. The minimum absolute atomic E-state index is 0.0952. The second-order valence-electron chi connectivity index (χ2n) is 9.90. The van der Waals surface area contributed by atoms with E-state index in [1.807, 2.05) is 31.2 Å². The van der Waals surface area contributed by atoms with Gasteiger partial charge in [0.15, 0.2) is 0 Å². The zero-order chi connectivity index (χ0) is 25.5. The van der Waals surface area contributed by atoms with Crippen LogP contribution in [0.1, 0.15) is 70.6 Å². The minimum Gasteiger partial charge on any atom is -0.355 e. The smallest absolute Gasteiger partial charge is 0.286 e. The topological polar surface area (TPSA) is 108 Å². The summed E-state index contributed by atoms with van der Waals surface area (Å²) in [6, 6.07) is 8.06. The van der Waals surface area contributed by atoms with Crippen molar-refractivity contribution < 1.29 is 14.4 Å². The number of likely N-dealkylation sites (tertiary alicyclic amines) is 2. The van der Waals surface area contributed by atoms with Gasteiger partial charge in [-0.05, 0) is 64.1 Å². The average molecular weight is 513 g/mol. The molecule has 9 nitrogen and oxygen atoms in total. The normalized spacial score (nSPS) is 19.2. The first-order valence-electron chi connectivity index (χ1n) is 12.9. The molecule has 194 valence electrons. The zero-order valence-electron chi connectivity index (χ0n) is 21.2. The maximum Gasteiger partial charge on any atom is 0.286 e. The molecule has 1 aromatic heterocycles. The summed E-state index contributed by atoms with van der Waals surface area (Å²) in [5.74, 6) is -0.221. The van der Waals surface area contributed by atoms with Gasteiger partial charge in [-0.1, -0.05) is 35.5 Å². The first kappa shape index (κ1) is 26.2. The Labute approximate surface area is 216 Å². The molecular weight excluding hydrogens is 476 g/mol. The monoisotopic (exact) mass is 512 g/mol. The number of rotatable bonds is 8. The lowest BCUT2D eigenvalue weighted by atomic mass is 9.93. The number of nitrogens with one attached hydrogen (secondary N) is 2. The Morgan fingerprint density at radius 1 is 1.00 bits per heavy atom. The van der Waals surface area contributed by atoms with Gasteiger partial charge in [0, 0.05) is 44.3 Å². The van der Waals surface area contributed by atoms with E-state index in [1.165, 1.54) is 19.3 Å². The van der Waals surface area contributed by atoms with Crippen molar-refractivity contribution in [3.63, 3.8) is 0 Å². The van der Waals surface area contributed by atoms with Crippen LogP contribution in [0.3, 0.4) is 0 Å². The average Bonchev–Trinajstić information content (AvgIpc) is 3.37. The van der Waals surface area contributed by atoms with Gasteiger partial charge in [0.25, 0.3) is 11.8 Å². The molecule has 0 unspecified atom stereocenters. The van der Waals surface area contributed by atoms with Gasteiger partial charge in [-0.15, -0.1) is 10.2 Å². The number of hydrogen-bond donors (Lipinski definition) is 2. The van der Waals surface area contributed by atoms with Crippen LogP contribution in [0.2, 0.25) is 0 Å². The number of piperidine rings is 2. The van der Waals surface area contributed by atoms with Gasteiger partial charge in [-0.25, -0.2) is 0 Å². The third-order valence-electron chi connectivity index (χ3n) is 7.15. The molecule has 2 fully saturated rings. The zero-order valence-corrected chi connectivity index (χ0v) is 22.0. The van der Waals surface area contributed by atoms with Crippen LogP contribution in [0.25, 0.3) is 0 Å². The van der Waals surface area contributed by atoms with Crippen LogP contribution in [0.4, 0.5) is 5.69 Å². The predicted molar refractivity (Wildman–Crippen MR) is 140 cm³/mol. The lowest BCUT2D eigenvalue weighted by Gasteiger charge is -2.33. The molecule has 0 aliphatic carbocycles. The van der Waals surface area contributed by atoms with Crippen molar-refractivity contribution in [2.45, 2.75) is 58.4 Å². The second kappa shape index (κ2) is 12.4. The first-order chi connectivity index (χ1) is 17.4. The number of nitrogens with zero attached hydrogens (tertiary/aromatic N) is 4. The Bertz CT molecular complexity index is 1050. The number of benzene rings is 1. The van der Waals surface area contributed by atoms with Crippen molar-refractivity contribution in [2.24, 2.45) is 5.92 Å². The van der Waals surface area contributed by atoms with Crippen LogP contribution >= 0.6 is 11.3 Å². The van der Waals surface area contributed by atoms with E-state index < -0.39 is 0 Å². The van der Waals surface area contributed by atoms with Gasteiger partial charge < -0.3 is 15.5 Å². The van der Waals surface area contributed by atoms with E-state index in [9.17, 15) is 14.4 Å². The highest BCUT2D eigenvalue weighted by Gasteiger charge is 2.28. The lowest BCUT2D eigenvalue weighted by molar-refractivity contribution is -0.122. The van der Waals surface area contributed by atoms with Crippen LogP contribution in [-0.2, 0) is 4.79 Å². The van der Waals surface area contributed by atoms with Crippen molar-refractivity contribution in [3.8, 4) is 0 Å². The Kier molecular flexibility index (Phi) is 9.03. The fraction of sp³-hybridized carbons (Fsp3) is 0.577. The third kappa shape index (κ3) is 7.10. The quantitative estimate of drug-likeness (QED) is 0.562. The Balaban J connectivity index is 1.18. The highest BCUT2D eigenvalue weighted by Crippen LogP contribution is 2.23. The van der Waals surface area contributed by atoms with Gasteiger partial charge in [0.2, 0.25) is 15.9 Å². The van der Waals surface area contributed by atoms with E-state index in [0.717, 1.165) is 42.8 Å². The molecular formula is C26H36N6O3S. The third-order valence-corrected chi connectivity index (χ3v) is 8.06. The van der Waals surface area contributed by atoms with Gasteiger partial charge in [-0.2, -0.15) is 0 Å². The molecule has 1 aromatic carbocycles. The van der Waals surface area contributed by atoms with E-state index >= 15 is 0 Å². The fourth-order valence-corrected chi connectivity index (χ4v) is 5.57. The van der Waals surface area contributed by atoms with Crippen LogP contribution in [0, 0.1) is 12.8 Å². The Hall–Kier alpha value is -2.85. The molecule has 4 rings (SSSR count). The SMILES string of the molecule is Cc1ccc(NC(=O)c2nnc(C(=O)N3CCC(CC(=O)NCCN4CCCC[C@@H]4C)CC3)s2)cc1. The largest absolute Gasteiger partial charge is 0.355 e. The highest BCUT2D eigenvalue weighted by molar-refractivity contribution is 7.15. The standard InChI is InChI=1S/C26H36N6O3S/c1-18-6-8-21(9-7-18)28-23(34)24-29-30-25(36-24)26(35)32-14-10-20(11-15-32)17-22(33)27-12-16-31-13-4-3-5-19(31)2/h6-9,19-20H,3-5,10-17H2,1-2H3,(H,27,33)(H,28,34)/t19-/m0/s1. The summed E-state index contributed by atoms with van der Waals surface area (Å²) in [6.07, 6.45) is 5.84. The molecule has 0 saturated carbocycles. The number of carbonyl (C=O) groups is 3. The van der Waals surface area contributed by atoms with Gasteiger partial charge >= 0.3 is 0 Å². The molecule has 2 aromatic rings. The van der Waals surface area contributed by atoms with Crippen molar-refractivity contribution in [1.82, 2.24) is 25.3 Å². The number of anilines is 1. The molecule has 2 aliphatic heterocycles. The molecule has 2 N–H and O–H groups in total. The molecule has 0 bridgehead atoms. The molecule has 36 heavy (non-hydrogen) atoms. The van der Waals surface area contributed by atoms with E-state index in [2.05, 4.69) is 32.7 Å². The van der Waals surface area contributed by atoms with E-state index in [0.29, 0.717) is 37.8 Å². The van der Waals surface area contributed by atoms with Crippen molar-refractivity contribution in [3.05, 3.63) is 39.8 Å². The summed E-state index contributed by atoms with van der Waals surface area (Å²) >= 11 is 1.00. The predicted octanol–water partition coefficient (Wildman–Crippen LogP) is 3.33. The summed E-state index contributed by atoms with van der Waals surface area (Å²) < 4.78 is 0. The Morgan fingerprint density at radius 3 is 2.44 bits per heavy atom. The van der Waals surface area contributed by atoms with Crippen molar-refractivity contribution >= 4 is 34.7 Å². The number of amides is 3. The fourth-order valence-electron chi connectivity index (χ4n) is 4.86. The number of aryl methyl sites for hydroxylation is 1. The Morgan fingerprint density at radius 2 is 1.72 bits per heavy atom. The summed E-state index contributed by atoms with van der Waals surface area (Å²) in [7, 11) is 0. The second-order valence-corrected chi connectivity index (χ2v) is 10.9. The highest BCUT2D eigenvalue weighted by atomic mass is 32.1. The van der Waals surface area contributed by atoms with Crippen LogP contribution in [0.5, 0.6) is 0 Å². The number of aromatic nitrogens is 2. The molecule has 3 amide bonds. The van der Waals surface area contributed by atoms with Crippen LogP contribution < -0.4 is 10.6 Å². The summed E-state index contributed by atoms with van der Waals surface area (Å²) in [5.41, 5.74) is 1.77. The molecule has 2 aliphatic rings. The summed E-state index contributed by atoms with van der Waals surface area (Å²) in [4.78, 5) is 42.0. The molecule has 0 radical (unpaired) electrons. The van der Waals surface area contributed by atoms with Crippen LogP contribution in [0.15, 0.2) is 24.3 Å². The number of carbonyl (C=O) groups excluding carboxylic acids is 3. The van der Waals surface area contributed by atoms with E-state index in [4.69, 9.17) is 0 Å². The van der Waals surface area contributed by atoms with Crippen molar-refractivity contribution in [1.29, 1.82) is 0 Å². The van der Waals surface area contributed by atoms with E-state index in [1.54, 1.807) is 4.90 Å². The van der Waals surface area contributed by atoms with Gasteiger partial charge in [-0.3, -0.25) is 19.3 Å². The van der Waals surface area contributed by atoms with E-state index in [-0.39, 0.29) is 33.7 Å². The molecule has 10 heteroatoms.